The van der Waals surface area contributed by atoms with Crippen LogP contribution in [-0.4, -0.2) is 0 Å². The highest BCUT2D eigenvalue weighted by Gasteiger charge is 2.19. The van der Waals surface area contributed by atoms with Crippen LogP contribution in [0.15, 0.2) is 18.2 Å². The summed E-state index contributed by atoms with van der Waals surface area (Å²) in [6.07, 6.45) is 5.72. The van der Waals surface area contributed by atoms with Crippen LogP contribution < -0.4 is 0 Å². The van der Waals surface area contributed by atoms with Crippen LogP contribution in [0.2, 0.25) is 0 Å². The van der Waals surface area contributed by atoms with Crippen LogP contribution >= 0.6 is 11.3 Å². The van der Waals surface area contributed by atoms with Gasteiger partial charge in [0.1, 0.15) is 0 Å². The van der Waals surface area contributed by atoms with Gasteiger partial charge in [0.2, 0.25) is 0 Å². The standard InChI is InChI=1S/C15H24S/c1-7-15(5,6)13-9-8-12(16-13)10-11-14(2,3)4/h8-11H,7H2,1-6H3/b11-10+. The van der Waals surface area contributed by atoms with Gasteiger partial charge in [-0.15, -0.1) is 11.3 Å². The highest BCUT2D eigenvalue weighted by molar-refractivity contribution is 7.13. The van der Waals surface area contributed by atoms with Crippen LogP contribution in [0.5, 0.6) is 0 Å². The van der Waals surface area contributed by atoms with Gasteiger partial charge in [-0.3, -0.25) is 0 Å². The average molecular weight is 236 g/mol. The molecule has 0 nitrogen and oxygen atoms in total. The van der Waals surface area contributed by atoms with Crippen LogP contribution in [0.1, 0.15) is 57.7 Å². The highest BCUT2D eigenvalue weighted by atomic mass is 32.1. The zero-order valence-electron chi connectivity index (χ0n) is 11.4. The van der Waals surface area contributed by atoms with Crippen molar-refractivity contribution < 1.29 is 0 Å². The third kappa shape index (κ3) is 3.79. The molecule has 0 aliphatic rings. The molecule has 0 aliphatic carbocycles. The molecule has 1 heterocycles. The molecule has 0 aliphatic heterocycles. The minimum absolute atomic E-state index is 0.268. The summed E-state index contributed by atoms with van der Waals surface area (Å²) in [4.78, 5) is 2.86. The van der Waals surface area contributed by atoms with E-state index >= 15 is 0 Å². The summed E-state index contributed by atoms with van der Waals surface area (Å²) in [5.74, 6) is 0. The SMILES string of the molecule is CCC(C)(C)c1ccc(/C=C/C(C)(C)C)s1. The number of allylic oxidation sites excluding steroid dienone is 1. The van der Waals surface area contributed by atoms with E-state index in [1.807, 2.05) is 11.3 Å². The Labute approximate surface area is 104 Å². The third-order valence-electron chi connectivity index (χ3n) is 2.93. The van der Waals surface area contributed by atoms with Crippen LogP contribution in [-0.2, 0) is 5.41 Å². The quantitative estimate of drug-likeness (QED) is 0.650. The Morgan fingerprint density at radius 1 is 1.12 bits per heavy atom. The fourth-order valence-electron chi connectivity index (χ4n) is 1.31. The molecular formula is C15H24S. The van der Waals surface area contributed by atoms with E-state index in [-0.39, 0.29) is 5.41 Å². The summed E-state index contributed by atoms with van der Waals surface area (Å²) in [6.45, 7) is 13.6. The van der Waals surface area contributed by atoms with Crippen molar-refractivity contribution in [3.8, 4) is 0 Å². The maximum Gasteiger partial charge on any atom is 0.0270 e. The number of hydrogen-bond donors (Lipinski definition) is 0. The predicted octanol–water partition coefficient (Wildman–Crippen LogP) is 5.50. The zero-order chi connectivity index (χ0) is 12.4. The maximum absolute atomic E-state index is 2.32. The summed E-state index contributed by atoms with van der Waals surface area (Å²) < 4.78 is 0. The summed E-state index contributed by atoms with van der Waals surface area (Å²) in [5, 5.41) is 0. The minimum Gasteiger partial charge on any atom is -0.140 e. The molecule has 0 saturated heterocycles. The third-order valence-corrected chi connectivity index (χ3v) is 4.34. The minimum atomic E-state index is 0.268. The van der Waals surface area contributed by atoms with E-state index in [1.54, 1.807) is 0 Å². The molecule has 0 atom stereocenters. The first-order valence-electron chi connectivity index (χ1n) is 6.04. The van der Waals surface area contributed by atoms with Crippen molar-refractivity contribution in [1.82, 2.24) is 0 Å². The van der Waals surface area contributed by atoms with Crippen molar-refractivity contribution in [2.24, 2.45) is 5.41 Å². The van der Waals surface area contributed by atoms with Gasteiger partial charge in [-0.2, -0.15) is 0 Å². The monoisotopic (exact) mass is 236 g/mol. The lowest BCUT2D eigenvalue weighted by molar-refractivity contribution is 0.517. The van der Waals surface area contributed by atoms with Crippen molar-refractivity contribution in [3.63, 3.8) is 0 Å². The summed E-state index contributed by atoms with van der Waals surface area (Å²) >= 11 is 1.92. The van der Waals surface area contributed by atoms with Crippen LogP contribution in [0.3, 0.4) is 0 Å². The molecule has 0 aromatic carbocycles. The summed E-state index contributed by atoms with van der Waals surface area (Å²) in [7, 11) is 0. The molecule has 0 spiro atoms. The lowest BCUT2D eigenvalue weighted by Gasteiger charge is -2.20. The fraction of sp³-hybridized carbons (Fsp3) is 0.600. The van der Waals surface area contributed by atoms with E-state index in [0.717, 1.165) is 0 Å². The Kier molecular flexibility index (Phi) is 4.01. The van der Waals surface area contributed by atoms with Gasteiger partial charge in [0, 0.05) is 9.75 Å². The lowest BCUT2D eigenvalue weighted by atomic mass is 9.89. The van der Waals surface area contributed by atoms with Crippen molar-refractivity contribution in [2.75, 3.05) is 0 Å². The maximum atomic E-state index is 2.32. The topological polar surface area (TPSA) is 0 Å². The van der Waals surface area contributed by atoms with Crippen molar-refractivity contribution in [3.05, 3.63) is 28.0 Å². The average Bonchev–Trinajstić information content (AvgIpc) is 2.62. The number of thiophene rings is 1. The molecule has 1 rings (SSSR count). The van der Waals surface area contributed by atoms with Gasteiger partial charge in [0.15, 0.2) is 0 Å². The Morgan fingerprint density at radius 2 is 1.75 bits per heavy atom. The largest absolute Gasteiger partial charge is 0.140 e. The van der Waals surface area contributed by atoms with Gasteiger partial charge >= 0.3 is 0 Å². The first-order valence-corrected chi connectivity index (χ1v) is 6.86. The van der Waals surface area contributed by atoms with E-state index in [2.05, 4.69) is 65.8 Å². The molecule has 1 aromatic rings. The normalized spacial score (nSPS) is 13.6. The summed E-state index contributed by atoms with van der Waals surface area (Å²) in [5.41, 5.74) is 0.586. The lowest BCUT2D eigenvalue weighted by Crippen LogP contribution is -2.12. The molecule has 0 saturated carbocycles. The summed E-state index contributed by atoms with van der Waals surface area (Å²) in [6, 6.07) is 4.51. The first kappa shape index (κ1) is 13.5. The van der Waals surface area contributed by atoms with E-state index in [1.165, 1.54) is 16.2 Å². The van der Waals surface area contributed by atoms with E-state index in [9.17, 15) is 0 Å². The molecule has 0 unspecified atom stereocenters. The molecule has 0 bridgehead atoms. The fourth-order valence-corrected chi connectivity index (χ4v) is 2.40. The van der Waals surface area contributed by atoms with Crippen molar-refractivity contribution >= 4 is 17.4 Å². The highest BCUT2D eigenvalue weighted by Crippen LogP contribution is 2.33. The van der Waals surface area contributed by atoms with Gasteiger partial charge in [-0.25, -0.2) is 0 Å². The van der Waals surface area contributed by atoms with Crippen molar-refractivity contribution in [2.45, 2.75) is 53.4 Å². The molecule has 1 aromatic heterocycles. The van der Waals surface area contributed by atoms with Gasteiger partial charge in [-0.05, 0) is 35.5 Å². The second-order valence-electron chi connectivity index (χ2n) is 6.14. The Hall–Kier alpha value is -0.560. The van der Waals surface area contributed by atoms with Gasteiger partial charge < -0.3 is 0 Å². The Balaban J connectivity index is 2.84. The van der Waals surface area contributed by atoms with E-state index < -0.39 is 0 Å². The predicted molar refractivity (Wildman–Crippen MR) is 76.1 cm³/mol. The molecule has 0 N–H and O–H groups in total. The second kappa shape index (κ2) is 4.75. The Morgan fingerprint density at radius 3 is 2.25 bits per heavy atom. The molecule has 0 amide bonds. The number of hydrogen-bond acceptors (Lipinski definition) is 1. The molecule has 90 valence electrons. The molecule has 0 radical (unpaired) electrons. The molecule has 1 heteroatoms. The first-order chi connectivity index (χ1) is 7.24. The number of rotatable bonds is 3. The van der Waals surface area contributed by atoms with Gasteiger partial charge in [-0.1, -0.05) is 47.6 Å². The molecular weight excluding hydrogens is 212 g/mol. The van der Waals surface area contributed by atoms with E-state index in [4.69, 9.17) is 0 Å². The molecule has 16 heavy (non-hydrogen) atoms. The molecule has 0 fully saturated rings. The van der Waals surface area contributed by atoms with Gasteiger partial charge in [0.05, 0.1) is 0 Å². The van der Waals surface area contributed by atoms with Crippen molar-refractivity contribution in [1.29, 1.82) is 0 Å². The van der Waals surface area contributed by atoms with Gasteiger partial charge in [0.25, 0.3) is 0 Å². The van der Waals surface area contributed by atoms with Crippen LogP contribution in [0.25, 0.3) is 6.08 Å². The van der Waals surface area contributed by atoms with Crippen LogP contribution in [0, 0.1) is 5.41 Å². The van der Waals surface area contributed by atoms with Crippen LogP contribution in [0.4, 0.5) is 0 Å². The van der Waals surface area contributed by atoms with E-state index in [0.29, 0.717) is 5.41 Å². The smallest absolute Gasteiger partial charge is 0.0270 e. The zero-order valence-corrected chi connectivity index (χ0v) is 12.2. The second-order valence-corrected chi connectivity index (χ2v) is 7.25. The Bertz CT molecular complexity index is 361.